The number of piperidine rings is 1. The highest BCUT2D eigenvalue weighted by Gasteiger charge is 2.41. The van der Waals surface area contributed by atoms with E-state index in [2.05, 4.69) is 21.0 Å². The average molecular weight is 503 g/mol. The Bertz CT molecular complexity index is 1450. The van der Waals surface area contributed by atoms with Crippen LogP contribution in [0.1, 0.15) is 25.0 Å². The SMILES string of the molecule is COc1cc2c(Oc3ccc4[nH]c(C)cc4c3)ncnc2cc1OCCC(=O)N1CCC2(CC1)COC2. The normalized spacial score (nSPS) is 16.6. The highest BCUT2D eigenvalue weighted by molar-refractivity contribution is 5.87. The Hall–Kier alpha value is -3.85. The van der Waals surface area contributed by atoms with Crippen LogP contribution in [-0.2, 0) is 9.53 Å². The van der Waals surface area contributed by atoms with Crippen LogP contribution >= 0.6 is 0 Å². The number of likely N-dealkylation sites (tertiary alicyclic amines) is 1. The van der Waals surface area contributed by atoms with Gasteiger partial charge in [0.1, 0.15) is 12.1 Å². The van der Waals surface area contributed by atoms with Crippen molar-refractivity contribution < 1.29 is 23.7 Å². The molecule has 2 aromatic heterocycles. The molecule has 2 saturated heterocycles. The summed E-state index contributed by atoms with van der Waals surface area (Å²) in [6.07, 6.45) is 3.80. The minimum atomic E-state index is 0.113. The lowest BCUT2D eigenvalue weighted by atomic mass is 9.77. The molecule has 192 valence electrons. The van der Waals surface area contributed by atoms with Crippen molar-refractivity contribution >= 4 is 27.7 Å². The number of aryl methyl sites for hydroxylation is 1. The molecule has 2 aromatic carbocycles. The minimum absolute atomic E-state index is 0.113. The zero-order valence-electron chi connectivity index (χ0n) is 21.1. The van der Waals surface area contributed by atoms with Gasteiger partial charge in [-0.2, -0.15) is 0 Å². The highest BCUT2D eigenvalue weighted by atomic mass is 16.5. The molecule has 9 nitrogen and oxygen atoms in total. The number of hydrogen-bond acceptors (Lipinski definition) is 7. The summed E-state index contributed by atoms with van der Waals surface area (Å²) in [5.74, 6) is 2.28. The average Bonchev–Trinajstić information content (AvgIpc) is 3.27. The van der Waals surface area contributed by atoms with Gasteiger partial charge < -0.3 is 28.8 Å². The van der Waals surface area contributed by atoms with Crippen LogP contribution in [0.2, 0.25) is 0 Å². The van der Waals surface area contributed by atoms with E-state index in [1.165, 1.54) is 6.33 Å². The molecule has 0 saturated carbocycles. The molecule has 6 rings (SSSR count). The van der Waals surface area contributed by atoms with E-state index in [-0.39, 0.29) is 12.5 Å². The number of aromatic nitrogens is 3. The first-order chi connectivity index (χ1) is 18.0. The van der Waals surface area contributed by atoms with Crippen molar-refractivity contribution in [2.45, 2.75) is 26.2 Å². The summed E-state index contributed by atoms with van der Waals surface area (Å²) in [6.45, 7) is 5.52. The second-order valence-corrected chi connectivity index (χ2v) is 9.97. The number of hydrogen-bond donors (Lipinski definition) is 1. The van der Waals surface area contributed by atoms with Gasteiger partial charge >= 0.3 is 0 Å². The Kier molecular flexibility index (Phi) is 6.08. The van der Waals surface area contributed by atoms with Gasteiger partial charge in [0.15, 0.2) is 11.5 Å². The van der Waals surface area contributed by atoms with Gasteiger partial charge in [0, 0.05) is 41.2 Å². The van der Waals surface area contributed by atoms with Crippen LogP contribution in [0.4, 0.5) is 0 Å². The van der Waals surface area contributed by atoms with Gasteiger partial charge in [0.05, 0.1) is 44.3 Å². The van der Waals surface area contributed by atoms with Crippen LogP contribution in [0.25, 0.3) is 21.8 Å². The number of fused-ring (bicyclic) bond motifs is 2. The molecule has 2 aliphatic heterocycles. The largest absolute Gasteiger partial charge is 0.493 e. The molecular weight excluding hydrogens is 472 g/mol. The summed E-state index contributed by atoms with van der Waals surface area (Å²) in [5.41, 5.74) is 3.11. The number of aromatic amines is 1. The molecule has 0 unspecified atom stereocenters. The number of ether oxygens (including phenoxy) is 4. The number of rotatable bonds is 7. The molecule has 4 heterocycles. The number of carbonyl (C=O) groups is 1. The fourth-order valence-corrected chi connectivity index (χ4v) is 5.14. The maximum Gasteiger partial charge on any atom is 0.230 e. The monoisotopic (exact) mass is 502 g/mol. The van der Waals surface area contributed by atoms with Gasteiger partial charge in [-0.1, -0.05) is 0 Å². The van der Waals surface area contributed by atoms with E-state index in [9.17, 15) is 4.79 Å². The third kappa shape index (κ3) is 4.67. The fraction of sp³-hybridized carbons (Fsp3) is 0.393. The van der Waals surface area contributed by atoms with Crippen molar-refractivity contribution in [2.75, 3.05) is 40.0 Å². The van der Waals surface area contributed by atoms with Crippen molar-refractivity contribution in [1.82, 2.24) is 19.9 Å². The zero-order chi connectivity index (χ0) is 25.4. The van der Waals surface area contributed by atoms with Gasteiger partial charge in [0.25, 0.3) is 0 Å². The number of methoxy groups -OCH3 is 1. The maximum absolute atomic E-state index is 12.7. The molecule has 4 aromatic rings. The van der Waals surface area contributed by atoms with Gasteiger partial charge in [0.2, 0.25) is 11.8 Å². The quantitative estimate of drug-likeness (QED) is 0.393. The summed E-state index contributed by atoms with van der Waals surface area (Å²) >= 11 is 0. The maximum atomic E-state index is 12.7. The second-order valence-electron chi connectivity index (χ2n) is 9.97. The van der Waals surface area contributed by atoms with Crippen molar-refractivity contribution in [3.63, 3.8) is 0 Å². The molecule has 1 amide bonds. The van der Waals surface area contributed by atoms with E-state index in [0.717, 1.165) is 55.7 Å². The number of nitrogens with zero attached hydrogens (tertiary/aromatic N) is 3. The zero-order valence-corrected chi connectivity index (χ0v) is 21.1. The van der Waals surface area contributed by atoms with Crippen LogP contribution in [0.5, 0.6) is 23.1 Å². The number of amides is 1. The van der Waals surface area contributed by atoms with E-state index in [0.29, 0.717) is 45.9 Å². The lowest BCUT2D eigenvalue weighted by Gasteiger charge is -2.47. The molecule has 1 N–H and O–H groups in total. The van der Waals surface area contributed by atoms with E-state index < -0.39 is 0 Å². The summed E-state index contributed by atoms with van der Waals surface area (Å²) in [7, 11) is 1.58. The van der Waals surface area contributed by atoms with E-state index >= 15 is 0 Å². The van der Waals surface area contributed by atoms with E-state index in [4.69, 9.17) is 18.9 Å². The van der Waals surface area contributed by atoms with Gasteiger partial charge in [-0.3, -0.25) is 4.79 Å². The molecule has 2 aliphatic rings. The summed E-state index contributed by atoms with van der Waals surface area (Å²) in [5, 5.41) is 1.77. The van der Waals surface area contributed by atoms with E-state index in [1.807, 2.05) is 36.1 Å². The van der Waals surface area contributed by atoms with Crippen molar-refractivity contribution in [3.05, 3.63) is 48.4 Å². The number of nitrogens with one attached hydrogen (secondary N) is 1. The predicted molar refractivity (Wildman–Crippen MR) is 138 cm³/mol. The third-order valence-corrected chi connectivity index (χ3v) is 7.39. The van der Waals surface area contributed by atoms with Crippen molar-refractivity contribution in [3.8, 4) is 23.1 Å². The Morgan fingerprint density at radius 3 is 2.70 bits per heavy atom. The van der Waals surface area contributed by atoms with E-state index in [1.54, 1.807) is 13.2 Å². The third-order valence-electron chi connectivity index (χ3n) is 7.39. The van der Waals surface area contributed by atoms with Crippen LogP contribution in [0.3, 0.4) is 0 Å². The summed E-state index contributed by atoms with van der Waals surface area (Å²) in [4.78, 5) is 26.7. The Morgan fingerprint density at radius 2 is 1.95 bits per heavy atom. The Balaban J connectivity index is 1.14. The van der Waals surface area contributed by atoms with Crippen molar-refractivity contribution in [1.29, 1.82) is 0 Å². The first-order valence-electron chi connectivity index (χ1n) is 12.6. The first kappa shape index (κ1) is 23.5. The molecule has 9 heteroatoms. The molecule has 0 atom stereocenters. The molecule has 0 radical (unpaired) electrons. The van der Waals surface area contributed by atoms with Gasteiger partial charge in [-0.25, -0.2) is 9.97 Å². The Morgan fingerprint density at radius 1 is 1.11 bits per heavy atom. The number of benzene rings is 2. The molecule has 0 aliphatic carbocycles. The molecular formula is C28H30N4O5. The first-order valence-corrected chi connectivity index (χ1v) is 12.6. The molecule has 2 fully saturated rings. The van der Waals surface area contributed by atoms with Crippen LogP contribution in [0, 0.1) is 12.3 Å². The smallest absolute Gasteiger partial charge is 0.230 e. The Labute approximate surface area is 214 Å². The minimum Gasteiger partial charge on any atom is -0.493 e. The van der Waals surface area contributed by atoms with Crippen molar-refractivity contribution in [2.24, 2.45) is 5.41 Å². The molecule has 1 spiro atoms. The molecule has 37 heavy (non-hydrogen) atoms. The van der Waals surface area contributed by atoms with Crippen LogP contribution in [-0.4, -0.2) is 65.8 Å². The standard InChI is InChI=1S/C28H30N4O5/c1-18-11-19-12-20(3-4-22(19)31-18)37-27-21-13-24(34-2)25(14-23(21)29-17-30-27)36-10-5-26(33)32-8-6-28(7-9-32)15-35-16-28/h3-4,11-14,17,31H,5-10,15-16H2,1-2H3. The summed E-state index contributed by atoms with van der Waals surface area (Å²) < 4.78 is 23.1. The van der Waals surface area contributed by atoms with Crippen LogP contribution in [0.15, 0.2) is 42.7 Å². The second kappa shape index (κ2) is 9.55. The fourth-order valence-electron chi connectivity index (χ4n) is 5.14. The van der Waals surface area contributed by atoms with Gasteiger partial charge in [-0.15, -0.1) is 0 Å². The summed E-state index contributed by atoms with van der Waals surface area (Å²) in [6, 6.07) is 11.5. The number of H-pyrrole nitrogens is 1. The van der Waals surface area contributed by atoms with Gasteiger partial charge in [-0.05, 0) is 50.1 Å². The lowest BCUT2D eigenvalue weighted by molar-refractivity contribution is -0.153. The number of carbonyl (C=O) groups excluding carboxylic acids is 1. The predicted octanol–water partition coefficient (Wildman–Crippen LogP) is 4.63. The van der Waals surface area contributed by atoms with Crippen LogP contribution < -0.4 is 14.2 Å². The topological polar surface area (TPSA) is 98.8 Å². The lowest BCUT2D eigenvalue weighted by Crippen LogP contribution is -2.52. The highest BCUT2D eigenvalue weighted by Crippen LogP contribution is 2.39. The molecule has 0 bridgehead atoms.